The standard InChI is InChI=1S/C21H22O/c1-13-14(2)16(4)21(17(5)15(13)3)22-20-12-8-10-18-9-6-7-11-19(18)20/h6-12H,1-5H3. The van der Waals surface area contributed by atoms with Crippen LogP contribution in [-0.2, 0) is 0 Å². The Balaban J connectivity index is 2.18. The van der Waals surface area contributed by atoms with E-state index >= 15 is 0 Å². The molecule has 0 aliphatic carbocycles. The summed E-state index contributed by atoms with van der Waals surface area (Å²) in [4.78, 5) is 0. The van der Waals surface area contributed by atoms with Gasteiger partial charge >= 0.3 is 0 Å². The summed E-state index contributed by atoms with van der Waals surface area (Å²) in [5.41, 5.74) is 6.46. The minimum Gasteiger partial charge on any atom is -0.456 e. The van der Waals surface area contributed by atoms with Crippen LogP contribution in [-0.4, -0.2) is 0 Å². The van der Waals surface area contributed by atoms with Crippen LogP contribution in [0, 0.1) is 34.6 Å². The summed E-state index contributed by atoms with van der Waals surface area (Å²) >= 11 is 0. The van der Waals surface area contributed by atoms with E-state index in [9.17, 15) is 0 Å². The third-order valence-corrected chi connectivity index (χ3v) is 4.89. The fourth-order valence-electron chi connectivity index (χ4n) is 3.01. The second-order valence-corrected chi connectivity index (χ2v) is 6.03. The predicted octanol–water partition coefficient (Wildman–Crippen LogP) is 6.17. The maximum absolute atomic E-state index is 6.37. The van der Waals surface area contributed by atoms with Crippen LogP contribution < -0.4 is 4.74 Å². The topological polar surface area (TPSA) is 9.23 Å². The summed E-state index contributed by atoms with van der Waals surface area (Å²) < 4.78 is 6.37. The Morgan fingerprint density at radius 2 is 1.14 bits per heavy atom. The van der Waals surface area contributed by atoms with Crippen LogP contribution in [0.25, 0.3) is 10.8 Å². The lowest BCUT2D eigenvalue weighted by Crippen LogP contribution is -2.00. The molecular weight excluding hydrogens is 268 g/mol. The van der Waals surface area contributed by atoms with E-state index in [0.717, 1.165) is 16.9 Å². The number of benzene rings is 3. The Labute approximate surface area is 132 Å². The van der Waals surface area contributed by atoms with Crippen molar-refractivity contribution >= 4 is 10.8 Å². The van der Waals surface area contributed by atoms with Crippen molar-refractivity contribution < 1.29 is 4.74 Å². The fraction of sp³-hybridized carbons (Fsp3) is 0.238. The van der Waals surface area contributed by atoms with E-state index in [1.54, 1.807) is 0 Å². The Morgan fingerprint density at radius 3 is 1.82 bits per heavy atom. The van der Waals surface area contributed by atoms with E-state index < -0.39 is 0 Å². The molecule has 0 saturated heterocycles. The van der Waals surface area contributed by atoms with Gasteiger partial charge in [-0.15, -0.1) is 0 Å². The first kappa shape index (κ1) is 14.6. The summed E-state index contributed by atoms with van der Waals surface area (Å²) in [5, 5.41) is 2.36. The first-order valence-corrected chi connectivity index (χ1v) is 7.73. The molecule has 0 aromatic heterocycles. The third kappa shape index (κ3) is 2.27. The Kier molecular flexibility index (Phi) is 3.66. The van der Waals surface area contributed by atoms with Crippen molar-refractivity contribution in [1.29, 1.82) is 0 Å². The van der Waals surface area contributed by atoms with Crippen molar-refractivity contribution in [3.05, 3.63) is 70.3 Å². The molecule has 0 N–H and O–H groups in total. The van der Waals surface area contributed by atoms with Crippen molar-refractivity contribution in [2.45, 2.75) is 34.6 Å². The van der Waals surface area contributed by atoms with Gasteiger partial charge in [-0.05, 0) is 73.9 Å². The maximum atomic E-state index is 6.37. The van der Waals surface area contributed by atoms with Gasteiger partial charge in [0.05, 0.1) is 0 Å². The smallest absolute Gasteiger partial charge is 0.135 e. The van der Waals surface area contributed by atoms with Crippen LogP contribution in [0.1, 0.15) is 27.8 Å². The lowest BCUT2D eigenvalue weighted by atomic mass is 9.94. The molecule has 0 aliphatic rings. The van der Waals surface area contributed by atoms with Crippen LogP contribution in [0.15, 0.2) is 42.5 Å². The van der Waals surface area contributed by atoms with Gasteiger partial charge < -0.3 is 4.74 Å². The molecule has 3 aromatic carbocycles. The van der Waals surface area contributed by atoms with E-state index in [4.69, 9.17) is 4.74 Å². The highest BCUT2D eigenvalue weighted by atomic mass is 16.5. The Hall–Kier alpha value is -2.28. The third-order valence-electron chi connectivity index (χ3n) is 4.89. The van der Waals surface area contributed by atoms with Gasteiger partial charge in [0, 0.05) is 5.39 Å². The summed E-state index contributed by atoms with van der Waals surface area (Å²) in [6.45, 7) is 10.8. The van der Waals surface area contributed by atoms with Gasteiger partial charge in [-0.25, -0.2) is 0 Å². The number of rotatable bonds is 2. The van der Waals surface area contributed by atoms with Crippen molar-refractivity contribution in [3.63, 3.8) is 0 Å². The quantitative estimate of drug-likeness (QED) is 0.548. The van der Waals surface area contributed by atoms with Crippen LogP contribution in [0.3, 0.4) is 0 Å². The highest BCUT2D eigenvalue weighted by molar-refractivity contribution is 5.88. The van der Waals surface area contributed by atoms with Gasteiger partial charge in [0.25, 0.3) is 0 Å². The van der Waals surface area contributed by atoms with Crippen molar-refractivity contribution in [2.75, 3.05) is 0 Å². The molecule has 0 radical (unpaired) electrons. The zero-order valence-corrected chi connectivity index (χ0v) is 13.9. The van der Waals surface area contributed by atoms with Crippen LogP contribution in [0.5, 0.6) is 11.5 Å². The van der Waals surface area contributed by atoms with Crippen molar-refractivity contribution in [2.24, 2.45) is 0 Å². The van der Waals surface area contributed by atoms with Crippen molar-refractivity contribution in [1.82, 2.24) is 0 Å². The molecule has 1 heteroatoms. The van der Waals surface area contributed by atoms with E-state index in [-0.39, 0.29) is 0 Å². The SMILES string of the molecule is Cc1c(C)c(C)c(Oc2cccc3ccccc23)c(C)c1C. The van der Waals surface area contributed by atoms with Gasteiger partial charge in [-0.3, -0.25) is 0 Å². The number of fused-ring (bicyclic) bond motifs is 1. The average molecular weight is 290 g/mol. The van der Waals surface area contributed by atoms with Gasteiger partial charge in [0.15, 0.2) is 0 Å². The summed E-state index contributed by atoms with van der Waals surface area (Å²) in [6, 6.07) is 14.6. The second kappa shape index (κ2) is 5.49. The zero-order valence-electron chi connectivity index (χ0n) is 13.9. The van der Waals surface area contributed by atoms with Gasteiger partial charge in [-0.2, -0.15) is 0 Å². The molecule has 1 nitrogen and oxygen atoms in total. The normalized spacial score (nSPS) is 11.0. The first-order valence-electron chi connectivity index (χ1n) is 7.73. The zero-order chi connectivity index (χ0) is 15.9. The summed E-state index contributed by atoms with van der Waals surface area (Å²) in [5.74, 6) is 1.92. The Bertz CT molecular complexity index is 825. The molecule has 112 valence electrons. The predicted molar refractivity (Wildman–Crippen MR) is 94.1 cm³/mol. The van der Waals surface area contributed by atoms with Crippen LogP contribution >= 0.6 is 0 Å². The molecule has 0 spiro atoms. The van der Waals surface area contributed by atoms with E-state index in [0.29, 0.717) is 0 Å². The molecule has 0 heterocycles. The highest BCUT2D eigenvalue weighted by Gasteiger charge is 2.15. The minimum absolute atomic E-state index is 0.923. The molecular formula is C21H22O. The average Bonchev–Trinajstić information content (AvgIpc) is 2.55. The molecule has 0 saturated carbocycles. The lowest BCUT2D eigenvalue weighted by molar-refractivity contribution is 0.479. The molecule has 3 aromatic rings. The highest BCUT2D eigenvalue weighted by Crippen LogP contribution is 2.37. The molecule has 0 bridgehead atoms. The van der Waals surface area contributed by atoms with Gasteiger partial charge in [-0.1, -0.05) is 36.4 Å². The molecule has 0 amide bonds. The van der Waals surface area contributed by atoms with E-state index in [2.05, 4.69) is 71.0 Å². The van der Waals surface area contributed by atoms with E-state index in [1.165, 1.54) is 33.2 Å². The van der Waals surface area contributed by atoms with Crippen LogP contribution in [0.2, 0.25) is 0 Å². The minimum atomic E-state index is 0.923. The van der Waals surface area contributed by atoms with Crippen molar-refractivity contribution in [3.8, 4) is 11.5 Å². The first-order chi connectivity index (χ1) is 10.5. The molecule has 0 aliphatic heterocycles. The maximum Gasteiger partial charge on any atom is 0.135 e. The van der Waals surface area contributed by atoms with E-state index in [1.807, 2.05) is 6.07 Å². The number of hydrogen-bond acceptors (Lipinski definition) is 1. The molecule has 22 heavy (non-hydrogen) atoms. The largest absolute Gasteiger partial charge is 0.456 e. The number of hydrogen-bond donors (Lipinski definition) is 0. The summed E-state index contributed by atoms with van der Waals surface area (Å²) in [7, 11) is 0. The molecule has 0 unspecified atom stereocenters. The van der Waals surface area contributed by atoms with Gasteiger partial charge in [0.1, 0.15) is 11.5 Å². The molecule has 0 fully saturated rings. The van der Waals surface area contributed by atoms with Gasteiger partial charge in [0.2, 0.25) is 0 Å². The monoisotopic (exact) mass is 290 g/mol. The Morgan fingerprint density at radius 1 is 0.591 bits per heavy atom. The number of ether oxygens (including phenoxy) is 1. The van der Waals surface area contributed by atoms with Crippen LogP contribution in [0.4, 0.5) is 0 Å². The second-order valence-electron chi connectivity index (χ2n) is 6.03. The lowest BCUT2D eigenvalue weighted by Gasteiger charge is -2.19. The summed E-state index contributed by atoms with van der Waals surface area (Å²) in [6.07, 6.45) is 0. The molecule has 3 rings (SSSR count). The molecule has 0 atom stereocenters. The fourth-order valence-corrected chi connectivity index (χ4v) is 3.01.